The van der Waals surface area contributed by atoms with E-state index in [-0.39, 0.29) is 9.90 Å². The molecule has 2 aromatic rings. The Labute approximate surface area is 213 Å². The van der Waals surface area contributed by atoms with Crippen LogP contribution in [0.2, 0.25) is 0 Å². The first-order chi connectivity index (χ1) is 16.9. The number of Topliss-reactive ketones (excluding diaryl/α,β-unsaturated/α-hetero) is 1. The van der Waals surface area contributed by atoms with Gasteiger partial charge in [0.05, 0.1) is 11.4 Å². The van der Waals surface area contributed by atoms with Crippen LogP contribution >= 0.6 is 11.3 Å². The molecule has 0 bridgehead atoms. The number of unbranched alkanes of at least 4 members (excludes halogenated alkanes) is 1. The van der Waals surface area contributed by atoms with Crippen molar-refractivity contribution in [3.8, 4) is 0 Å². The summed E-state index contributed by atoms with van der Waals surface area (Å²) in [5.41, 5.74) is 10.2. The fourth-order valence-electron chi connectivity index (χ4n) is 4.15. The molecule has 0 fully saturated rings. The average molecular weight is 538 g/mol. The number of hydrogen-bond acceptors (Lipinski definition) is 12. The van der Waals surface area contributed by atoms with Gasteiger partial charge in [-0.1, -0.05) is 29.0 Å². The molecule has 1 aliphatic rings. The predicted molar refractivity (Wildman–Crippen MR) is 136 cm³/mol. The van der Waals surface area contributed by atoms with Gasteiger partial charge in [-0.05, 0) is 44.7 Å². The second-order valence-corrected chi connectivity index (χ2v) is 11.8. The number of ketones is 1. The van der Waals surface area contributed by atoms with E-state index in [9.17, 15) is 23.1 Å². The van der Waals surface area contributed by atoms with Crippen LogP contribution < -0.4 is 22.1 Å². The number of benzene rings is 1. The third kappa shape index (κ3) is 5.88. The monoisotopic (exact) mass is 537 g/mol. The van der Waals surface area contributed by atoms with E-state index < -0.39 is 32.5 Å². The second-order valence-electron chi connectivity index (χ2n) is 8.80. The number of carboxylic acid groups (broad SMARTS) is 1. The number of hydrogen-bond donors (Lipinski definition) is 5. The lowest BCUT2D eigenvalue weighted by Gasteiger charge is -2.29. The highest BCUT2D eigenvalue weighted by Gasteiger charge is 2.53. The van der Waals surface area contributed by atoms with Crippen molar-refractivity contribution in [2.24, 2.45) is 16.5 Å². The SMILES string of the molecule is Cc1cc(C)c(S(=O)(=O)[C@H](C(=O)c2nnc(CCCCNC3=NCCN3)s2)C(N)(N)C(=O)O)c(C)c1. The van der Waals surface area contributed by atoms with Crippen molar-refractivity contribution in [2.75, 3.05) is 19.6 Å². The highest BCUT2D eigenvalue weighted by Crippen LogP contribution is 2.31. The average Bonchev–Trinajstić information content (AvgIpc) is 3.44. The molecule has 7 N–H and O–H groups in total. The molecule has 0 unspecified atom stereocenters. The van der Waals surface area contributed by atoms with Gasteiger partial charge in [-0.15, -0.1) is 10.2 Å². The molecule has 14 heteroatoms. The Balaban J connectivity index is 1.82. The summed E-state index contributed by atoms with van der Waals surface area (Å²) in [5, 5.41) is 21.7. The van der Waals surface area contributed by atoms with Crippen LogP contribution in [0, 0.1) is 20.8 Å². The van der Waals surface area contributed by atoms with Crippen LogP contribution in [-0.2, 0) is 21.1 Å². The highest BCUT2D eigenvalue weighted by atomic mass is 32.2. The molecule has 1 aliphatic heterocycles. The third-order valence-corrected chi connectivity index (χ3v) is 9.14. The van der Waals surface area contributed by atoms with E-state index in [2.05, 4.69) is 25.8 Å². The Morgan fingerprint density at radius 1 is 1.19 bits per heavy atom. The molecule has 196 valence electrons. The van der Waals surface area contributed by atoms with E-state index in [4.69, 9.17) is 11.5 Å². The lowest BCUT2D eigenvalue weighted by molar-refractivity contribution is -0.142. The number of aromatic nitrogens is 2. The van der Waals surface area contributed by atoms with Crippen LogP contribution in [0.1, 0.15) is 44.3 Å². The zero-order chi connectivity index (χ0) is 26.7. The molecule has 12 nitrogen and oxygen atoms in total. The minimum atomic E-state index is -4.62. The molecule has 0 saturated heterocycles. The van der Waals surface area contributed by atoms with Crippen LogP contribution in [0.4, 0.5) is 0 Å². The lowest BCUT2D eigenvalue weighted by atomic mass is 10.0. The van der Waals surface area contributed by atoms with Crippen molar-refractivity contribution in [2.45, 2.75) is 55.8 Å². The van der Waals surface area contributed by atoms with Gasteiger partial charge in [-0.25, -0.2) is 13.2 Å². The minimum absolute atomic E-state index is 0.174. The number of nitrogens with one attached hydrogen (secondary N) is 2. The molecule has 2 heterocycles. The zero-order valence-corrected chi connectivity index (χ0v) is 22.0. The Bertz CT molecular complexity index is 1260. The van der Waals surface area contributed by atoms with Crippen LogP contribution in [0.25, 0.3) is 0 Å². The van der Waals surface area contributed by atoms with E-state index in [0.717, 1.165) is 48.8 Å². The summed E-state index contributed by atoms with van der Waals surface area (Å²) in [7, 11) is -4.62. The van der Waals surface area contributed by atoms with E-state index in [0.29, 0.717) is 29.1 Å². The molecule has 1 aromatic heterocycles. The summed E-state index contributed by atoms with van der Waals surface area (Å²) in [6, 6.07) is 3.26. The topological polar surface area (TPSA) is 203 Å². The molecule has 0 aliphatic carbocycles. The van der Waals surface area contributed by atoms with Crippen molar-refractivity contribution in [1.82, 2.24) is 20.8 Å². The first-order valence-corrected chi connectivity index (χ1v) is 13.7. The van der Waals surface area contributed by atoms with Gasteiger partial charge in [0.1, 0.15) is 5.01 Å². The zero-order valence-electron chi connectivity index (χ0n) is 20.4. The van der Waals surface area contributed by atoms with Crippen LogP contribution in [0.5, 0.6) is 0 Å². The van der Waals surface area contributed by atoms with Gasteiger partial charge in [0, 0.05) is 19.5 Å². The number of guanidine groups is 1. The van der Waals surface area contributed by atoms with Gasteiger partial charge in [-0.2, -0.15) is 0 Å². The van der Waals surface area contributed by atoms with Gasteiger partial charge in [0.2, 0.25) is 5.78 Å². The first-order valence-electron chi connectivity index (χ1n) is 11.4. The molecule has 1 atom stereocenters. The van der Waals surface area contributed by atoms with E-state index in [1.807, 2.05) is 0 Å². The Morgan fingerprint density at radius 3 is 2.44 bits per heavy atom. The molecule has 0 saturated carbocycles. The summed E-state index contributed by atoms with van der Waals surface area (Å²) in [6.07, 6.45) is 2.05. The molecule has 0 spiro atoms. The molecule has 1 aromatic carbocycles. The highest BCUT2D eigenvalue weighted by molar-refractivity contribution is 7.93. The number of nitrogens with zero attached hydrogens (tertiary/aromatic N) is 3. The number of rotatable bonds is 11. The molecule has 0 amide bonds. The smallest absolute Gasteiger partial charge is 0.340 e. The van der Waals surface area contributed by atoms with Gasteiger partial charge < -0.3 is 27.2 Å². The number of carboxylic acids is 1. The number of sulfone groups is 1. The maximum atomic E-state index is 13.7. The van der Waals surface area contributed by atoms with Crippen LogP contribution in [-0.4, -0.2) is 72.0 Å². The maximum absolute atomic E-state index is 13.7. The summed E-state index contributed by atoms with van der Waals surface area (Å²) < 4.78 is 27.4. The number of carbonyl (C=O) groups excluding carboxylic acids is 1. The van der Waals surface area contributed by atoms with Crippen LogP contribution in [0.15, 0.2) is 22.0 Å². The number of aliphatic imine (C=N–C) groups is 1. The molecule has 3 rings (SSSR count). The molecular weight excluding hydrogens is 506 g/mol. The normalized spacial score (nSPS) is 14.8. The van der Waals surface area contributed by atoms with Crippen molar-refractivity contribution >= 4 is 38.9 Å². The summed E-state index contributed by atoms with van der Waals surface area (Å²) in [6.45, 7) is 7.20. The molecule has 0 radical (unpaired) electrons. The Morgan fingerprint density at radius 2 is 1.86 bits per heavy atom. The van der Waals surface area contributed by atoms with Crippen molar-refractivity contribution in [3.05, 3.63) is 38.8 Å². The van der Waals surface area contributed by atoms with Gasteiger partial charge in [0.25, 0.3) is 0 Å². The molecular formula is C22H31N7O5S2. The van der Waals surface area contributed by atoms with Crippen molar-refractivity contribution in [3.63, 3.8) is 0 Å². The lowest BCUT2D eigenvalue weighted by Crippen LogP contribution is -2.69. The second kappa shape index (κ2) is 11.0. The van der Waals surface area contributed by atoms with Crippen molar-refractivity contribution < 1.29 is 23.1 Å². The van der Waals surface area contributed by atoms with Crippen LogP contribution in [0.3, 0.4) is 0 Å². The van der Waals surface area contributed by atoms with Gasteiger partial charge in [-0.3, -0.25) is 9.79 Å². The first kappa shape index (κ1) is 27.6. The van der Waals surface area contributed by atoms with E-state index >= 15 is 0 Å². The molecule has 36 heavy (non-hydrogen) atoms. The number of aryl methyl sites for hydroxylation is 4. The number of nitrogens with two attached hydrogens (primary N) is 2. The van der Waals surface area contributed by atoms with Gasteiger partial charge in [0.15, 0.2) is 31.7 Å². The fourth-order valence-corrected chi connectivity index (χ4v) is 7.34. The van der Waals surface area contributed by atoms with E-state index in [1.54, 1.807) is 32.9 Å². The minimum Gasteiger partial charge on any atom is -0.479 e. The van der Waals surface area contributed by atoms with E-state index in [1.165, 1.54) is 0 Å². The Kier molecular flexibility index (Phi) is 8.44. The standard InChI is InChI=1S/C22H31N7O5S2/c1-12-10-13(2)17(14(3)11-12)36(33,34)18(22(23,24)20(31)32)16(30)19-29-28-15(35-19)6-4-5-7-25-21-26-8-9-27-21/h10-11,18H,4-9,23-24H2,1-3H3,(H,31,32)(H2,25,26,27)/t18-/m1/s1. The Hall–Kier alpha value is -2.94. The summed E-state index contributed by atoms with van der Waals surface area (Å²) in [4.78, 5) is 29.4. The largest absolute Gasteiger partial charge is 0.479 e. The quantitative estimate of drug-likeness (QED) is 0.147. The fraction of sp³-hybridized carbons (Fsp3) is 0.500. The van der Waals surface area contributed by atoms with Gasteiger partial charge >= 0.3 is 5.97 Å². The number of aliphatic carboxylic acids is 1. The maximum Gasteiger partial charge on any atom is 0.340 e. The number of carbonyl (C=O) groups is 2. The predicted octanol–water partition coefficient (Wildman–Crippen LogP) is 0.0584. The third-order valence-electron chi connectivity index (χ3n) is 5.70. The summed E-state index contributed by atoms with van der Waals surface area (Å²) in [5.74, 6) is -2.15. The van der Waals surface area contributed by atoms with Crippen molar-refractivity contribution in [1.29, 1.82) is 0 Å². The summed E-state index contributed by atoms with van der Waals surface area (Å²) >= 11 is 0.906.